The predicted octanol–water partition coefficient (Wildman–Crippen LogP) is 5.37. The molecule has 6 heterocycles. The number of benzene rings is 3. The van der Waals surface area contributed by atoms with E-state index in [1.54, 1.807) is 6.07 Å². The smallest absolute Gasteiger partial charge is 0.333 e. The third-order valence-electron chi connectivity index (χ3n) is 12.7. The lowest BCUT2D eigenvalue weighted by Crippen LogP contribution is -2.32. The fourth-order valence-electron chi connectivity index (χ4n) is 8.50. The summed E-state index contributed by atoms with van der Waals surface area (Å²) in [7, 11) is -13.8. The Labute approximate surface area is 457 Å². The lowest BCUT2D eigenvalue weighted by molar-refractivity contribution is -0.697. The molecule has 5 N–H and O–H groups in total. The first-order chi connectivity index (χ1) is 37.7. The van der Waals surface area contributed by atoms with E-state index in [4.69, 9.17) is 23.5 Å². The van der Waals surface area contributed by atoms with Crippen molar-refractivity contribution in [3.8, 4) is 40.0 Å². The normalized spacial score (nSPS) is 16.6. The second-order valence-corrected chi connectivity index (χ2v) is 23.3. The highest BCUT2D eigenvalue weighted by Gasteiger charge is 2.33. The summed E-state index contributed by atoms with van der Waals surface area (Å²) in [6.45, 7) is 1.07. The van der Waals surface area contributed by atoms with E-state index in [0.29, 0.717) is 85.8 Å². The van der Waals surface area contributed by atoms with Gasteiger partial charge in [-0.1, -0.05) is 6.42 Å². The molecule has 0 unspecified atom stereocenters. The SMILES string of the molecule is O=C1CCCCCOc2ccc(cc2S(=O)(=O)NCCCCCC(=O)ON2C(=O)CCC2=O)-c2cnc(o2)-c2cc[n+](cc2)CCCCCC(=O)NCCCOc2cc(S(=O)(=O)O)cc3cc(S(=O)(=O)O)cc(c23)OCCCN1. The first-order valence-corrected chi connectivity index (χ1v) is 30.3. The molecular formula is C52H63N6O18S3+. The quantitative estimate of drug-likeness (QED) is 0.0480. The number of nitrogens with zero attached hydrogens (tertiary/aromatic N) is 3. The summed E-state index contributed by atoms with van der Waals surface area (Å²) >= 11 is 0. The van der Waals surface area contributed by atoms with E-state index in [1.807, 2.05) is 29.1 Å². The van der Waals surface area contributed by atoms with Gasteiger partial charge in [0.1, 0.15) is 28.7 Å². The van der Waals surface area contributed by atoms with E-state index in [1.165, 1.54) is 18.3 Å². The zero-order valence-corrected chi connectivity index (χ0v) is 45.6. The molecule has 1 saturated heterocycles. The third-order valence-corrected chi connectivity index (χ3v) is 15.8. The number of imide groups is 1. The van der Waals surface area contributed by atoms with Crippen LogP contribution in [0.4, 0.5) is 0 Å². The second kappa shape index (κ2) is 27.7. The molecule has 3 aromatic carbocycles. The topological polar surface area (TPSA) is 334 Å². The van der Waals surface area contributed by atoms with Crippen molar-refractivity contribution in [2.75, 3.05) is 39.5 Å². The first kappa shape index (κ1) is 59.6. The summed E-state index contributed by atoms with van der Waals surface area (Å²) < 4.78 is 125. The van der Waals surface area contributed by atoms with Gasteiger partial charge in [-0.05, 0) is 93.5 Å². The maximum absolute atomic E-state index is 13.9. The molecule has 0 saturated carbocycles. The number of rotatable bonds is 11. The highest BCUT2D eigenvalue weighted by molar-refractivity contribution is 7.89. The van der Waals surface area contributed by atoms with Crippen LogP contribution in [0.2, 0.25) is 0 Å². The first-order valence-electron chi connectivity index (χ1n) is 25.9. The summed E-state index contributed by atoms with van der Waals surface area (Å²) in [5.74, 6) is -1.84. The Bertz CT molecular complexity index is 3330. The van der Waals surface area contributed by atoms with Crippen molar-refractivity contribution in [1.82, 2.24) is 25.4 Å². The summed E-state index contributed by atoms with van der Waals surface area (Å²) in [6.07, 6.45) is 10.8. The summed E-state index contributed by atoms with van der Waals surface area (Å²) in [6, 6.07) is 12.4. The maximum Gasteiger partial charge on any atom is 0.333 e. The van der Waals surface area contributed by atoms with E-state index in [0.717, 1.165) is 37.1 Å². The molecule has 4 amide bonds. The number of hydroxylamine groups is 2. The zero-order chi connectivity index (χ0) is 56.6. The molecule has 4 aliphatic rings. The number of carbonyl (C=O) groups excluding carboxylic acids is 5. The van der Waals surface area contributed by atoms with Crippen molar-refractivity contribution < 1.29 is 86.4 Å². The van der Waals surface area contributed by atoms with Gasteiger partial charge in [0.2, 0.25) is 27.7 Å². The van der Waals surface area contributed by atoms with E-state index < -0.39 is 57.8 Å². The molecule has 27 heteroatoms. The Balaban J connectivity index is 1.01. The van der Waals surface area contributed by atoms with Crippen molar-refractivity contribution in [3.63, 3.8) is 0 Å². The highest BCUT2D eigenvalue weighted by Crippen LogP contribution is 2.39. The number of aromatic nitrogens is 2. The molecule has 0 atom stereocenters. The van der Waals surface area contributed by atoms with Crippen LogP contribution in [0.1, 0.15) is 103 Å². The molecule has 24 nitrogen and oxygen atoms in total. The Hall–Kier alpha value is -7.04. The Kier molecular flexibility index (Phi) is 20.9. The van der Waals surface area contributed by atoms with Crippen molar-refractivity contribution in [3.05, 3.63) is 73.2 Å². The minimum absolute atomic E-state index is 0.0118. The highest BCUT2D eigenvalue weighted by atomic mass is 32.2. The minimum atomic E-state index is -4.83. The van der Waals surface area contributed by atoms with E-state index in [2.05, 4.69) is 20.3 Å². The molecule has 0 spiro atoms. The van der Waals surface area contributed by atoms with Gasteiger partial charge in [0, 0.05) is 93.6 Å². The number of amides is 4. The number of nitrogens with one attached hydrogen (secondary N) is 3. The largest absolute Gasteiger partial charge is 0.493 e. The Morgan fingerprint density at radius 3 is 1.85 bits per heavy atom. The van der Waals surface area contributed by atoms with Gasteiger partial charge in [-0.15, -0.1) is 5.06 Å². The van der Waals surface area contributed by atoms with Crippen LogP contribution in [0.3, 0.4) is 0 Å². The van der Waals surface area contributed by atoms with E-state index in [9.17, 15) is 58.3 Å². The third kappa shape index (κ3) is 17.5. The van der Waals surface area contributed by atoms with Crippen LogP contribution in [0.25, 0.3) is 33.6 Å². The van der Waals surface area contributed by atoms with Crippen molar-refractivity contribution in [1.29, 1.82) is 0 Å². The molecule has 4 aliphatic heterocycles. The zero-order valence-electron chi connectivity index (χ0n) is 43.2. The van der Waals surface area contributed by atoms with Gasteiger partial charge in [-0.25, -0.2) is 27.5 Å². The number of hydrogen-bond acceptors (Lipinski definition) is 17. The standard InChI is InChI=1S/C52H62N6O18S3/c59-46-12-4-2-8-24-57-25-19-36(20-26-57)52-55-35-44(75-52)37-15-16-41(45(32-37)77(64,65)56-23-7-1-6-14-50(63)76-58-48(61)17-18-49(58)62)72-27-9-3-5-13-47(60)54-22-11-29-74-43-34-40(79(69,70)71)31-38-30-39(78(66,67)68)33-42(51(38)43)73-28-10-21-53-46/h15-16,19-20,25-26,30-35,56H,1-14,17-18,21-24,27-29H2,(H3-,53,54,59,60,66,67,68,69,70,71)/p+1. The maximum atomic E-state index is 13.9. The van der Waals surface area contributed by atoms with Crippen LogP contribution in [-0.2, 0) is 65.6 Å². The van der Waals surface area contributed by atoms with E-state index in [-0.39, 0.29) is 123 Å². The molecule has 1 fully saturated rings. The predicted molar refractivity (Wildman–Crippen MR) is 281 cm³/mol. The lowest BCUT2D eigenvalue weighted by atomic mass is 10.1. The summed E-state index contributed by atoms with van der Waals surface area (Å²) in [4.78, 5) is 69.2. The van der Waals surface area contributed by atoms with Crippen molar-refractivity contribution in [2.45, 2.75) is 124 Å². The van der Waals surface area contributed by atoms with Crippen molar-refractivity contribution >= 4 is 70.6 Å². The molecule has 0 radical (unpaired) electrons. The number of oxazole rings is 1. The fourth-order valence-corrected chi connectivity index (χ4v) is 10.8. The molecule has 6 bridgehead atoms. The van der Waals surface area contributed by atoms with Gasteiger partial charge < -0.3 is 34.1 Å². The summed E-state index contributed by atoms with van der Waals surface area (Å²) in [5, 5.41) is 6.21. The number of ether oxygens (including phenoxy) is 3. The molecular weight excluding hydrogens is 1090 g/mol. The molecule has 2 aromatic heterocycles. The Morgan fingerprint density at radius 1 is 0.658 bits per heavy atom. The number of fused-ring (bicyclic) bond motifs is 2. The number of unbranched alkanes of at least 4 members (excludes halogenated alkanes) is 2. The molecule has 426 valence electrons. The van der Waals surface area contributed by atoms with Crippen LogP contribution in [0.15, 0.2) is 92.3 Å². The van der Waals surface area contributed by atoms with Crippen molar-refractivity contribution in [2.24, 2.45) is 0 Å². The molecule has 0 aliphatic carbocycles. The van der Waals surface area contributed by atoms with Gasteiger partial charge in [0.25, 0.3) is 32.1 Å². The number of hydrogen-bond donors (Lipinski definition) is 5. The average Bonchev–Trinajstić information content (AvgIpc) is 4.07. The second-order valence-electron chi connectivity index (χ2n) is 18.7. The Morgan fingerprint density at radius 2 is 1.24 bits per heavy atom. The molecule has 5 aromatic rings. The van der Waals surface area contributed by atoms with Gasteiger partial charge in [0.15, 0.2) is 18.2 Å². The van der Waals surface area contributed by atoms with Gasteiger partial charge >= 0.3 is 5.97 Å². The number of aryl methyl sites for hydroxylation is 1. The van der Waals surface area contributed by atoms with Gasteiger partial charge in [-0.2, -0.15) is 16.8 Å². The fraction of sp³-hybridized carbons (Fsp3) is 0.442. The van der Waals surface area contributed by atoms with Crippen LogP contribution in [-0.4, -0.2) is 113 Å². The number of carbonyl (C=O) groups is 5. The average molecular weight is 1160 g/mol. The minimum Gasteiger partial charge on any atom is -0.493 e. The monoisotopic (exact) mass is 1160 g/mol. The number of sulfonamides is 1. The van der Waals surface area contributed by atoms with Gasteiger partial charge in [-0.3, -0.25) is 28.3 Å². The molecule has 79 heavy (non-hydrogen) atoms. The van der Waals surface area contributed by atoms with Crippen LogP contribution in [0.5, 0.6) is 17.2 Å². The van der Waals surface area contributed by atoms with E-state index >= 15 is 0 Å². The molecule has 9 rings (SSSR count). The number of pyridine rings is 1. The lowest BCUT2D eigenvalue weighted by Gasteiger charge is -2.16. The van der Waals surface area contributed by atoms with Gasteiger partial charge in [0.05, 0.1) is 41.2 Å². The van der Waals surface area contributed by atoms with Crippen LogP contribution >= 0.6 is 0 Å². The summed E-state index contributed by atoms with van der Waals surface area (Å²) in [5.41, 5.74) is 1.09. The van der Waals surface area contributed by atoms with Crippen LogP contribution < -0.4 is 34.1 Å². The van der Waals surface area contributed by atoms with Crippen LogP contribution in [0, 0.1) is 0 Å².